The fraction of sp³-hybridized carbons (Fsp3) is 0.0714. The Hall–Kier alpha value is -2.09. The molecule has 1 rings (SSSR count). The van der Waals surface area contributed by atoms with Crippen LogP contribution in [0, 0.1) is 0 Å². The van der Waals surface area contributed by atoms with Gasteiger partial charge in [-0.3, -0.25) is 0 Å². The maximum absolute atomic E-state index is 10.8. The molecule has 0 aliphatic carbocycles. The third-order valence-electron chi connectivity index (χ3n) is 2.18. The van der Waals surface area contributed by atoms with Crippen molar-refractivity contribution < 1.29 is 9.90 Å². The molecule has 0 spiro atoms. The number of hydrogen-bond acceptors (Lipinski definition) is 1. The van der Waals surface area contributed by atoms with Crippen molar-refractivity contribution in [1.29, 1.82) is 0 Å². The summed E-state index contributed by atoms with van der Waals surface area (Å²) in [5.74, 6) is -0.908. The van der Waals surface area contributed by atoms with Gasteiger partial charge >= 0.3 is 5.97 Å². The van der Waals surface area contributed by atoms with Crippen LogP contribution in [0.2, 0.25) is 0 Å². The van der Waals surface area contributed by atoms with E-state index in [9.17, 15) is 4.79 Å². The molecule has 0 aliphatic heterocycles. The summed E-state index contributed by atoms with van der Waals surface area (Å²) in [5.41, 5.74) is 2.27. The van der Waals surface area contributed by atoms with Crippen LogP contribution in [0.1, 0.15) is 15.9 Å². The van der Waals surface area contributed by atoms with Crippen LogP contribution in [0.4, 0.5) is 0 Å². The fourth-order valence-electron chi connectivity index (χ4n) is 1.40. The van der Waals surface area contributed by atoms with E-state index in [0.29, 0.717) is 12.0 Å². The van der Waals surface area contributed by atoms with E-state index in [2.05, 4.69) is 13.2 Å². The lowest BCUT2D eigenvalue weighted by Gasteiger charge is -2.03. The number of allylic oxidation sites excluding steroid dienone is 4. The Morgan fingerprint density at radius 1 is 1.38 bits per heavy atom. The Labute approximate surface area is 95.2 Å². The van der Waals surface area contributed by atoms with E-state index in [1.54, 1.807) is 30.4 Å². The van der Waals surface area contributed by atoms with Gasteiger partial charge in [0.2, 0.25) is 0 Å². The minimum atomic E-state index is -0.908. The Balaban J connectivity index is 2.92. The molecule has 0 atom stereocenters. The van der Waals surface area contributed by atoms with Crippen molar-refractivity contribution in [3.05, 3.63) is 72.4 Å². The number of rotatable bonds is 5. The van der Waals surface area contributed by atoms with Gasteiger partial charge in [0, 0.05) is 0 Å². The van der Waals surface area contributed by atoms with Crippen molar-refractivity contribution in [2.45, 2.75) is 6.42 Å². The van der Waals surface area contributed by atoms with Crippen LogP contribution in [-0.2, 0) is 6.42 Å². The molecule has 0 aliphatic rings. The van der Waals surface area contributed by atoms with Crippen LogP contribution < -0.4 is 0 Å². The molecule has 0 radical (unpaired) electrons. The highest BCUT2D eigenvalue weighted by atomic mass is 16.4. The highest BCUT2D eigenvalue weighted by Gasteiger charge is 2.03. The summed E-state index contributed by atoms with van der Waals surface area (Å²) >= 11 is 0. The van der Waals surface area contributed by atoms with Gasteiger partial charge in [-0.15, -0.1) is 0 Å². The van der Waals surface area contributed by atoms with Crippen molar-refractivity contribution in [2.75, 3.05) is 0 Å². The smallest absolute Gasteiger partial charge is 0.335 e. The Bertz CT molecular complexity index is 442. The number of aromatic carboxylic acids is 1. The third kappa shape index (κ3) is 3.24. The standard InChI is InChI=1S/C14H14O2/c1-3-6-11(4-2)9-12-7-5-8-13(10-12)14(15)16/h3-8,10H,1-2,9H2,(H,15,16)/b11-6+. The first kappa shape index (κ1) is 12.0. The van der Waals surface area contributed by atoms with E-state index < -0.39 is 5.97 Å². The molecule has 0 bridgehead atoms. The quantitative estimate of drug-likeness (QED) is 0.764. The van der Waals surface area contributed by atoms with Crippen LogP contribution in [0.25, 0.3) is 0 Å². The van der Waals surface area contributed by atoms with Crippen LogP contribution in [0.5, 0.6) is 0 Å². The van der Waals surface area contributed by atoms with Gasteiger partial charge in [-0.2, -0.15) is 0 Å². The number of carboxylic acids is 1. The number of carboxylic acid groups (broad SMARTS) is 1. The number of carbonyl (C=O) groups is 1. The Morgan fingerprint density at radius 2 is 2.12 bits per heavy atom. The summed E-state index contributed by atoms with van der Waals surface area (Å²) in [6, 6.07) is 6.89. The summed E-state index contributed by atoms with van der Waals surface area (Å²) in [7, 11) is 0. The molecule has 2 nitrogen and oxygen atoms in total. The van der Waals surface area contributed by atoms with Crippen molar-refractivity contribution in [2.24, 2.45) is 0 Å². The second-order valence-corrected chi connectivity index (χ2v) is 3.36. The molecular formula is C14H14O2. The number of benzene rings is 1. The average Bonchev–Trinajstić information content (AvgIpc) is 2.29. The fourth-order valence-corrected chi connectivity index (χ4v) is 1.40. The lowest BCUT2D eigenvalue weighted by atomic mass is 10.0. The van der Waals surface area contributed by atoms with Crippen molar-refractivity contribution in [1.82, 2.24) is 0 Å². The van der Waals surface area contributed by atoms with E-state index in [0.717, 1.165) is 11.1 Å². The van der Waals surface area contributed by atoms with E-state index >= 15 is 0 Å². The molecule has 1 N–H and O–H groups in total. The van der Waals surface area contributed by atoms with Gasteiger partial charge in [0.05, 0.1) is 5.56 Å². The first-order chi connectivity index (χ1) is 7.67. The molecule has 16 heavy (non-hydrogen) atoms. The van der Waals surface area contributed by atoms with Crippen LogP contribution in [0.3, 0.4) is 0 Å². The van der Waals surface area contributed by atoms with Crippen LogP contribution in [-0.4, -0.2) is 11.1 Å². The van der Waals surface area contributed by atoms with Gasteiger partial charge in [0.15, 0.2) is 0 Å². The second kappa shape index (κ2) is 5.71. The van der Waals surface area contributed by atoms with Gasteiger partial charge in [0.1, 0.15) is 0 Å². The predicted octanol–water partition coefficient (Wildman–Crippen LogP) is 3.23. The zero-order valence-corrected chi connectivity index (χ0v) is 9.02. The highest BCUT2D eigenvalue weighted by Crippen LogP contribution is 2.11. The van der Waals surface area contributed by atoms with Gasteiger partial charge in [-0.25, -0.2) is 4.79 Å². The van der Waals surface area contributed by atoms with Crippen molar-refractivity contribution in [3.8, 4) is 0 Å². The van der Waals surface area contributed by atoms with Crippen LogP contribution >= 0.6 is 0 Å². The van der Waals surface area contributed by atoms with Crippen molar-refractivity contribution >= 4 is 5.97 Å². The zero-order chi connectivity index (χ0) is 12.0. The number of hydrogen-bond donors (Lipinski definition) is 1. The summed E-state index contributed by atoms with van der Waals surface area (Å²) in [6.07, 6.45) is 5.96. The Kier molecular flexibility index (Phi) is 4.28. The second-order valence-electron chi connectivity index (χ2n) is 3.36. The summed E-state index contributed by atoms with van der Waals surface area (Å²) in [5, 5.41) is 8.85. The lowest BCUT2D eigenvalue weighted by Crippen LogP contribution is -1.97. The molecular weight excluding hydrogens is 200 g/mol. The Morgan fingerprint density at radius 3 is 2.69 bits per heavy atom. The van der Waals surface area contributed by atoms with Gasteiger partial charge in [-0.05, 0) is 29.7 Å². The molecule has 0 heterocycles. The third-order valence-corrected chi connectivity index (χ3v) is 2.18. The summed E-state index contributed by atoms with van der Waals surface area (Å²) in [4.78, 5) is 10.8. The van der Waals surface area contributed by atoms with Gasteiger partial charge < -0.3 is 5.11 Å². The SMILES string of the molecule is C=C/C=C(\C=C)Cc1cccc(C(=O)O)c1. The maximum Gasteiger partial charge on any atom is 0.335 e. The predicted molar refractivity (Wildman–Crippen MR) is 65.6 cm³/mol. The van der Waals surface area contributed by atoms with Crippen LogP contribution in [0.15, 0.2) is 61.2 Å². The van der Waals surface area contributed by atoms with Gasteiger partial charge in [-0.1, -0.05) is 43.5 Å². The molecule has 0 aromatic heterocycles. The molecule has 0 amide bonds. The molecule has 0 fully saturated rings. The van der Waals surface area contributed by atoms with Crippen molar-refractivity contribution in [3.63, 3.8) is 0 Å². The maximum atomic E-state index is 10.8. The van der Waals surface area contributed by atoms with E-state index in [1.807, 2.05) is 12.1 Å². The first-order valence-electron chi connectivity index (χ1n) is 4.93. The molecule has 0 saturated carbocycles. The monoisotopic (exact) mass is 214 g/mol. The lowest BCUT2D eigenvalue weighted by molar-refractivity contribution is 0.0697. The van der Waals surface area contributed by atoms with E-state index in [1.165, 1.54) is 0 Å². The average molecular weight is 214 g/mol. The molecule has 1 aromatic carbocycles. The largest absolute Gasteiger partial charge is 0.478 e. The first-order valence-corrected chi connectivity index (χ1v) is 4.93. The molecule has 82 valence electrons. The summed E-state index contributed by atoms with van der Waals surface area (Å²) < 4.78 is 0. The highest BCUT2D eigenvalue weighted by molar-refractivity contribution is 5.87. The molecule has 2 heteroatoms. The van der Waals surface area contributed by atoms with Gasteiger partial charge in [0.25, 0.3) is 0 Å². The minimum absolute atomic E-state index is 0.305. The topological polar surface area (TPSA) is 37.3 Å². The minimum Gasteiger partial charge on any atom is -0.478 e. The molecule has 1 aromatic rings. The van der Waals surface area contributed by atoms with E-state index in [4.69, 9.17) is 5.11 Å². The summed E-state index contributed by atoms with van der Waals surface area (Å²) in [6.45, 7) is 7.32. The molecule has 0 saturated heterocycles. The molecule has 0 unspecified atom stereocenters. The van der Waals surface area contributed by atoms with E-state index in [-0.39, 0.29) is 0 Å². The zero-order valence-electron chi connectivity index (χ0n) is 9.02. The normalized spacial score (nSPS) is 10.9.